The first kappa shape index (κ1) is 14.2. The molecule has 0 radical (unpaired) electrons. The summed E-state index contributed by atoms with van der Waals surface area (Å²) >= 11 is 4.80. The molecule has 1 aliphatic heterocycles. The minimum absolute atomic E-state index is 0.0936. The van der Waals surface area contributed by atoms with Gasteiger partial charge in [-0.25, -0.2) is 4.39 Å². The highest BCUT2D eigenvalue weighted by atomic mass is 32.1. The maximum Gasteiger partial charge on any atom is 0.135 e. The lowest BCUT2D eigenvalue weighted by Crippen LogP contribution is -2.29. The van der Waals surface area contributed by atoms with Gasteiger partial charge in [0.1, 0.15) is 10.8 Å². The lowest BCUT2D eigenvalue weighted by Gasteiger charge is -2.28. The lowest BCUT2D eigenvalue weighted by atomic mass is 9.99. The Morgan fingerprint density at radius 1 is 1.47 bits per heavy atom. The van der Waals surface area contributed by atoms with Crippen LogP contribution in [0.15, 0.2) is 18.2 Å². The van der Waals surface area contributed by atoms with Crippen molar-refractivity contribution in [2.45, 2.75) is 12.8 Å². The molecular weight excluding hydrogens is 263 g/mol. The standard InChI is InChI=1S/C14H19FN2OS/c1-17(9-10-4-6-18-7-5-10)11-2-3-12(14(16)19)13(15)8-11/h2-3,8,10H,4-7,9H2,1H3,(H2,16,19). The van der Waals surface area contributed by atoms with Crippen molar-refractivity contribution < 1.29 is 9.13 Å². The van der Waals surface area contributed by atoms with Gasteiger partial charge in [0.2, 0.25) is 0 Å². The van der Waals surface area contributed by atoms with E-state index in [2.05, 4.69) is 4.90 Å². The third kappa shape index (κ3) is 3.64. The smallest absolute Gasteiger partial charge is 0.135 e. The summed E-state index contributed by atoms with van der Waals surface area (Å²) in [6, 6.07) is 5.00. The van der Waals surface area contributed by atoms with Gasteiger partial charge >= 0.3 is 0 Å². The number of thiocarbonyl (C=S) groups is 1. The number of rotatable bonds is 4. The van der Waals surface area contributed by atoms with Crippen LogP contribution in [0.3, 0.4) is 0 Å². The van der Waals surface area contributed by atoms with Crippen LogP contribution in [0.2, 0.25) is 0 Å². The van der Waals surface area contributed by atoms with E-state index in [-0.39, 0.29) is 10.8 Å². The maximum atomic E-state index is 13.8. The van der Waals surface area contributed by atoms with E-state index in [4.69, 9.17) is 22.7 Å². The summed E-state index contributed by atoms with van der Waals surface area (Å²) in [5.74, 6) is 0.251. The Bertz CT molecular complexity index is 461. The molecule has 1 saturated heterocycles. The number of ether oxygens (including phenoxy) is 1. The number of anilines is 1. The number of benzene rings is 1. The summed E-state index contributed by atoms with van der Waals surface area (Å²) in [7, 11) is 1.98. The Labute approximate surface area is 118 Å². The Morgan fingerprint density at radius 3 is 2.74 bits per heavy atom. The summed E-state index contributed by atoms with van der Waals surface area (Å²) in [6.45, 7) is 2.57. The van der Waals surface area contributed by atoms with Gasteiger partial charge in [0, 0.05) is 38.1 Å². The Balaban J connectivity index is 2.04. The first-order chi connectivity index (χ1) is 9.08. The van der Waals surface area contributed by atoms with Gasteiger partial charge in [0.05, 0.1) is 0 Å². The highest BCUT2D eigenvalue weighted by Crippen LogP contribution is 2.22. The molecule has 2 N–H and O–H groups in total. The van der Waals surface area contributed by atoms with E-state index in [0.29, 0.717) is 11.5 Å². The number of hydrogen-bond donors (Lipinski definition) is 1. The average Bonchev–Trinajstić information content (AvgIpc) is 2.39. The second-order valence-corrected chi connectivity index (χ2v) is 5.40. The van der Waals surface area contributed by atoms with E-state index in [1.54, 1.807) is 6.07 Å². The van der Waals surface area contributed by atoms with Gasteiger partial charge in [-0.15, -0.1) is 0 Å². The first-order valence-electron chi connectivity index (χ1n) is 6.46. The van der Waals surface area contributed by atoms with Crippen molar-refractivity contribution in [3.63, 3.8) is 0 Å². The molecule has 104 valence electrons. The van der Waals surface area contributed by atoms with E-state index in [1.165, 1.54) is 6.07 Å². The van der Waals surface area contributed by atoms with Gasteiger partial charge in [-0.05, 0) is 37.0 Å². The first-order valence-corrected chi connectivity index (χ1v) is 6.87. The van der Waals surface area contributed by atoms with E-state index in [9.17, 15) is 4.39 Å². The van der Waals surface area contributed by atoms with Gasteiger partial charge in [-0.2, -0.15) is 0 Å². The number of hydrogen-bond acceptors (Lipinski definition) is 3. The van der Waals surface area contributed by atoms with Crippen molar-refractivity contribution in [3.05, 3.63) is 29.6 Å². The van der Waals surface area contributed by atoms with Gasteiger partial charge < -0.3 is 15.4 Å². The summed E-state index contributed by atoms with van der Waals surface area (Å²) in [6.07, 6.45) is 2.13. The number of halogens is 1. The van der Waals surface area contributed by atoms with Gasteiger partial charge in [-0.1, -0.05) is 12.2 Å². The third-order valence-corrected chi connectivity index (χ3v) is 3.75. The Hall–Kier alpha value is -1.20. The van der Waals surface area contributed by atoms with Crippen molar-refractivity contribution in [3.8, 4) is 0 Å². The molecule has 2 rings (SSSR count). The quantitative estimate of drug-likeness (QED) is 0.860. The van der Waals surface area contributed by atoms with Crippen LogP contribution >= 0.6 is 12.2 Å². The number of nitrogens with two attached hydrogens (primary N) is 1. The predicted molar refractivity (Wildman–Crippen MR) is 79.1 cm³/mol. The highest BCUT2D eigenvalue weighted by molar-refractivity contribution is 7.80. The maximum absolute atomic E-state index is 13.8. The van der Waals surface area contributed by atoms with Crippen molar-refractivity contribution in [1.82, 2.24) is 0 Å². The van der Waals surface area contributed by atoms with Crippen LogP contribution in [0.4, 0.5) is 10.1 Å². The fourth-order valence-electron chi connectivity index (χ4n) is 2.36. The fourth-order valence-corrected chi connectivity index (χ4v) is 2.53. The normalized spacial score (nSPS) is 16.3. The van der Waals surface area contributed by atoms with Gasteiger partial charge in [0.15, 0.2) is 0 Å². The molecule has 1 heterocycles. The largest absolute Gasteiger partial charge is 0.389 e. The lowest BCUT2D eigenvalue weighted by molar-refractivity contribution is 0.0685. The summed E-state index contributed by atoms with van der Waals surface area (Å²) in [4.78, 5) is 2.17. The summed E-state index contributed by atoms with van der Waals surface area (Å²) in [5, 5.41) is 0. The van der Waals surface area contributed by atoms with Crippen LogP contribution in [-0.4, -0.2) is 31.8 Å². The molecule has 5 heteroatoms. The van der Waals surface area contributed by atoms with E-state index >= 15 is 0 Å². The minimum atomic E-state index is -0.358. The molecule has 1 aliphatic rings. The molecule has 19 heavy (non-hydrogen) atoms. The highest BCUT2D eigenvalue weighted by Gasteiger charge is 2.16. The zero-order valence-electron chi connectivity index (χ0n) is 11.1. The SMILES string of the molecule is CN(CC1CCOCC1)c1ccc(C(N)=S)c(F)c1. The minimum Gasteiger partial charge on any atom is -0.389 e. The molecule has 0 amide bonds. The fraction of sp³-hybridized carbons (Fsp3) is 0.500. The monoisotopic (exact) mass is 282 g/mol. The predicted octanol–water partition coefficient (Wildman–Crippen LogP) is 2.32. The second-order valence-electron chi connectivity index (χ2n) is 4.96. The van der Waals surface area contributed by atoms with Crippen molar-refractivity contribution in [2.75, 3.05) is 31.7 Å². The van der Waals surface area contributed by atoms with Gasteiger partial charge in [-0.3, -0.25) is 0 Å². The average molecular weight is 282 g/mol. The van der Waals surface area contributed by atoms with Crippen molar-refractivity contribution in [1.29, 1.82) is 0 Å². The van der Waals surface area contributed by atoms with Crippen LogP contribution in [0.1, 0.15) is 18.4 Å². The molecule has 0 bridgehead atoms. The molecule has 0 aromatic heterocycles. The molecule has 0 aliphatic carbocycles. The Morgan fingerprint density at radius 2 is 2.16 bits per heavy atom. The summed E-state index contributed by atoms with van der Waals surface area (Å²) < 4.78 is 19.2. The van der Waals surface area contributed by atoms with Crippen molar-refractivity contribution >= 4 is 22.9 Å². The second kappa shape index (κ2) is 6.30. The summed E-state index contributed by atoms with van der Waals surface area (Å²) in [5.41, 5.74) is 6.61. The van der Waals surface area contributed by atoms with Crippen LogP contribution in [-0.2, 0) is 4.74 Å². The molecule has 3 nitrogen and oxygen atoms in total. The van der Waals surface area contributed by atoms with Crippen LogP contribution in [0.5, 0.6) is 0 Å². The zero-order chi connectivity index (χ0) is 13.8. The van der Waals surface area contributed by atoms with Gasteiger partial charge in [0.25, 0.3) is 0 Å². The molecule has 0 saturated carbocycles. The van der Waals surface area contributed by atoms with E-state index < -0.39 is 0 Å². The van der Waals surface area contributed by atoms with Crippen LogP contribution in [0, 0.1) is 11.7 Å². The molecular formula is C14H19FN2OS. The molecule has 0 unspecified atom stereocenters. The molecule has 1 fully saturated rings. The van der Waals surface area contributed by atoms with E-state index in [0.717, 1.165) is 38.3 Å². The molecule has 1 aromatic rings. The number of nitrogens with zero attached hydrogens (tertiary/aromatic N) is 1. The molecule has 0 spiro atoms. The van der Waals surface area contributed by atoms with Crippen LogP contribution in [0.25, 0.3) is 0 Å². The Kier molecular flexibility index (Phi) is 4.71. The zero-order valence-corrected chi connectivity index (χ0v) is 11.9. The molecule has 0 atom stereocenters. The third-order valence-electron chi connectivity index (χ3n) is 3.53. The molecule has 1 aromatic carbocycles. The van der Waals surface area contributed by atoms with Crippen LogP contribution < -0.4 is 10.6 Å². The van der Waals surface area contributed by atoms with Crippen molar-refractivity contribution in [2.24, 2.45) is 11.7 Å². The topological polar surface area (TPSA) is 38.5 Å². The van der Waals surface area contributed by atoms with E-state index in [1.807, 2.05) is 13.1 Å².